The third kappa shape index (κ3) is 5.56. The van der Waals surface area contributed by atoms with Crippen molar-refractivity contribution in [1.82, 2.24) is 4.98 Å². The predicted octanol–water partition coefficient (Wildman–Crippen LogP) is 4.17. The molecule has 0 bridgehead atoms. The molecule has 0 spiro atoms. The van der Waals surface area contributed by atoms with Gasteiger partial charge in [0.2, 0.25) is 5.91 Å². The Morgan fingerprint density at radius 1 is 1.15 bits per heavy atom. The van der Waals surface area contributed by atoms with E-state index in [9.17, 15) is 9.18 Å². The highest BCUT2D eigenvalue weighted by Crippen LogP contribution is 2.31. The van der Waals surface area contributed by atoms with Gasteiger partial charge in [0.15, 0.2) is 0 Å². The van der Waals surface area contributed by atoms with Gasteiger partial charge in [0, 0.05) is 5.92 Å². The van der Waals surface area contributed by atoms with Crippen LogP contribution in [0, 0.1) is 17.7 Å². The molecule has 1 aliphatic rings. The van der Waals surface area contributed by atoms with Crippen LogP contribution < -0.4 is 15.8 Å². The lowest BCUT2D eigenvalue weighted by Crippen LogP contribution is -2.30. The van der Waals surface area contributed by atoms with Gasteiger partial charge in [0.1, 0.15) is 23.1 Å². The third-order valence-corrected chi connectivity index (χ3v) is 4.34. The van der Waals surface area contributed by atoms with Crippen molar-refractivity contribution in [3.8, 4) is 11.5 Å². The third-order valence-electron chi connectivity index (χ3n) is 4.34. The maximum absolute atomic E-state index is 12.9. The first-order chi connectivity index (χ1) is 11.7. The number of anilines is 1. The molecule has 1 aromatic heterocycles. The Hall–Kier alpha value is -1.89. The number of pyridine rings is 1. The number of hydrogen-bond donors (Lipinski definition) is 2. The van der Waals surface area contributed by atoms with Crippen LogP contribution in [0.3, 0.4) is 0 Å². The highest BCUT2D eigenvalue weighted by atomic mass is 35.5. The zero-order valence-corrected chi connectivity index (χ0v) is 15.7. The minimum Gasteiger partial charge on any atom is -0.456 e. The molecule has 1 amide bonds. The number of aromatic nitrogens is 1. The summed E-state index contributed by atoms with van der Waals surface area (Å²) in [7, 11) is 0. The van der Waals surface area contributed by atoms with Gasteiger partial charge < -0.3 is 15.8 Å². The van der Waals surface area contributed by atoms with Crippen molar-refractivity contribution in [2.75, 3.05) is 11.9 Å². The van der Waals surface area contributed by atoms with Gasteiger partial charge in [-0.05, 0) is 61.7 Å². The topological polar surface area (TPSA) is 77.2 Å². The molecule has 8 heteroatoms. The summed E-state index contributed by atoms with van der Waals surface area (Å²) in [5.41, 5.74) is 5.72. The minimum absolute atomic E-state index is 0. The van der Waals surface area contributed by atoms with Crippen molar-refractivity contribution in [2.24, 2.45) is 17.6 Å². The summed E-state index contributed by atoms with van der Waals surface area (Å²) in [5, 5.41) is 2.84. The van der Waals surface area contributed by atoms with Crippen LogP contribution >= 0.6 is 24.8 Å². The number of nitrogens with zero attached hydrogens (tertiary/aromatic N) is 1. The van der Waals surface area contributed by atoms with Crippen LogP contribution in [-0.4, -0.2) is 17.4 Å². The van der Waals surface area contributed by atoms with Gasteiger partial charge in [-0.25, -0.2) is 9.37 Å². The SMILES string of the molecule is Cl.Cl.NC[C@H]1CCC[C@H]1C(=O)Nc1ccc(Oc2ccc(F)cc2)cn1. The minimum atomic E-state index is -0.318. The second kappa shape index (κ2) is 10.3. The maximum atomic E-state index is 12.9. The molecule has 26 heavy (non-hydrogen) atoms. The fourth-order valence-corrected chi connectivity index (χ4v) is 3.04. The molecule has 1 saturated carbocycles. The molecule has 3 N–H and O–H groups in total. The van der Waals surface area contributed by atoms with Crippen molar-refractivity contribution >= 4 is 36.5 Å². The maximum Gasteiger partial charge on any atom is 0.228 e. The number of rotatable bonds is 5. The Bertz CT molecular complexity index is 699. The van der Waals surface area contributed by atoms with E-state index >= 15 is 0 Å². The van der Waals surface area contributed by atoms with Crippen LogP contribution in [0.2, 0.25) is 0 Å². The van der Waals surface area contributed by atoms with Crippen LogP contribution in [0.5, 0.6) is 11.5 Å². The predicted molar refractivity (Wildman–Crippen MR) is 104 cm³/mol. The van der Waals surface area contributed by atoms with Gasteiger partial charge in [-0.15, -0.1) is 24.8 Å². The Morgan fingerprint density at radius 2 is 1.85 bits per heavy atom. The highest BCUT2D eigenvalue weighted by molar-refractivity contribution is 5.92. The van der Waals surface area contributed by atoms with E-state index in [1.54, 1.807) is 12.1 Å². The highest BCUT2D eigenvalue weighted by Gasteiger charge is 2.31. The summed E-state index contributed by atoms with van der Waals surface area (Å²) in [6.07, 6.45) is 4.44. The Kier molecular flexibility index (Phi) is 8.78. The van der Waals surface area contributed by atoms with Crippen LogP contribution in [0.25, 0.3) is 0 Å². The van der Waals surface area contributed by atoms with Crippen LogP contribution in [0.4, 0.5) is 10.2 Å². The molecular formula is C18H22Cl2FN3O2. The molecule has 2 atom stereocenters. The van der Waals surface area contributed by atoms with Crippen LogP contribution in [0.1, 0.15) is 19.3 Å². The van der Waals surface area contributed by atoms with E-state index in [-0.39, 0.29) is 48.4 Å². The van der Waals surface area contributed by atoms with E-state index in [0.717, 1.165) is 19.3 Å². The molecule has 142 valence electrons. The van der Waals surface area contributed by atoms with Gasteiger partial charge >= 0.3 is 0 Å². The van der Waals surface area contributed by atoms with Gasteiger partial charge in [-0.2, -0.15) is 0 Å². The number of halogens is 3. The van der Waals surface area contributed by atoms with Crippen molar-refractivity contribution in [3.05, 3.63) is 48.4 Å². The number of benzene rings is 1. The van der Waals surface area contributed by atoms with Gasteiger partial charge in [0.05, 0.1) is 6.20 Å². The molecule has 1 aliphatic carbocycles. The van der Waals surface area contributed by atoms with E-state index in [1.165, 1.54) is 30.5 Å². The fraction of sp³-hybridized carbons (Fsp3) is 0.333. The average Bonchev–Trinajstić information content (AvgIpc) is 3.07. The first kappa shape index (κ1) is 22.2. The quantitative estimate of drug-likeness (QED) is 0.787. The second-order valence-corrected chi connectivity index (χ2v) is 5.96. The van der Waals surface area contributed by atoms with Crippen LogP contribution in [-0.2, 0) is 4.79 Å². The lowest BCUT2D eigenvalue weighted by Gasteiger charge is -2.17. The lowest BCUT2D eigenvalue weighted by atomic mass is 9.95. The molecule has 1 aromatic carbocycles. The van der Waals surface area contributed by atoms with Crippen molar-refractivity contribution in [3.63, 3.8) is 0 Å². The zero-order valence-electron chi connectivity index (χ0n) is 14.1. The van der Waals surface area contributed by atoms with Crippen molar-refractivity contribution in [1.29, 1.82) is 0 Å². The number of carbonyl (C=O) groups excluding carboxylic acids is 1. The molecule has 5 nitrogen and oxygen atoms in total. The van der Waals surface area contributed by atoms with Gasteiger partial charge in [-0.1, -0.05) is 6.42 Å². The normalized spacial score (nSPS) is 18.4. The summed E-state index contributed by atoms with van der Waals surface area (Å²) in [4.78, 5) is 16.5. The van der Waals surface area contributed by atoms with Gasteiger partial charge in [-0.3, -0.25) is 4.79 Å². The fourth-order valence-electron chi connectivity index (χ4n) is 3.04. The van der Waals surface area contributed by atoms with E-state index in [2.05, 4.69) is 10.3 Å². The average molecular weight is 402 g/mol. The number of hydrogen-bond acceptors (Lipinski definition) is 4. The number of amides is 1. The van der Waals surface area contributed by atoms with E-state index in [4.69, 9.17) is 10.5 Å². The smallest absolute Gasteiger partial charge is 0.228 e. The monoisotopic (exact) mass is 401 g/mol. The second-order valence-electron chi connectivity index (χ2n) is 5.96. The number of ether oxygens (including phenoxy) is 1. The Balaban J connectivity index is 0.00000169. The number of nitrogens with one attached hydrogen (secondary N) is 1. The molecular weight excluding hydrogens is 380 g/mol. The number of nitrogens with two attached hydrogens (primary N) is 1. The molecule has 3 rings (SSSR count). The standard InChI is InChI=1S/C18H20FN3O2.2ClH/c19-13-4-6-14(7-5-13)24-15-8-9-17(21-11-15)22-18(23)16-3-1-2-12(16)10-20;;/h4-9,11-12,16H,1-3,10,20H2,(H,21,22,23);2*1H/t12-,16-;;/m1../s1. The number of carbonyl (C=O) groups is 1. The molecule has 0 unspecified atom stereocenters. The molecule has 2 aromatic rings. The van der Waals surface area contributed by atoms with E-state index in [0.29, 0.717) is 23.9 Å². The van der Waals surface area contributed by atoms with Crippen molar-refractivity contribution < 1.29 is 13.9 Å². The molecule has 0 aliphatic heterocycles. The largest absolute Gasteiger partial charge is 0.456 e. The van der Waals surface area contributed by atoms with Crippen LogP contribution in [0.15, 0.2) is 42.6 Å². The van der Waals surface area contributed by atoms with E-state index in [1.807, 2.05) is 0 Å². The van der Waals surface area contributed by atoms with E-state index < -0.39 is 0 Å². The molecule has 0 radical (unpaired) electrons. The van der Waals surface area contributed by atoms with Gasteiger partial charge in [0.25, 0.3) is 0 Å². The first-order valence-electron chi connectivity index (χ1n) is 8.06. The summed E-state index contributed by atoms with van der Waals surface area (Å²) in [6, 6.07) is 9.12. The Labute approximate surface area is 164 Å². The molecule has 1 heterocycles. The summed E-state index contributed by atoms with van der Waals surface area (Å²) in [5.74, 6) is 1.39. The lowest BCUT2D eigenvalue weighted by molar-refractivity contribution is -0.120. The first-order valence-corrected chi connectivity index (χ1v) is 8.06. The Morgan fingerprint density at radius 3 is 2.46 bits per heavy atom. The molecule has 1 fully saturated rings. The van der Waals surface area contributed by atoms with Crippen molar-refractivity contribution in [2.45, 2.75) is 19.3 Å². The molecule has 0 saturated heterocycles. The summed E-state index contributed by atoms with van der Waals surface area (Å²) < 4.78 is 18.4. The summed E-state index contributed by atoms with van der Waals surface area (Å²) >= 11 is 0. The summed E-state index contributed by atoms with van der Waals surface area (Å²) in [6.45, 7) is 0.538. The zero-order chi connectivity index (χ0) is 16.9.